The summed E-state index contributed by atoms with van der Waals surface area (Å²) in [7, 11) is 0. The van der Waals surface area contributed by atoms with Crippen molar-refractivity contribution in [2.75, 3.05) is 11.9 Å². The van der Waals surface area contributed by atoms with Crippen LogP contribution in [0.1, 0.15) is 58.9 Å². The predicted octanol–water partition coefficient (Wildman–Crippen LogP) is 5.43. The Morgan fingerprint density at radius 3 is 2.50 bits per heavy atom. The minimum atomic E-state index is -0.478. The Bertz CT molecular complexity index is 1140. The summed E-state index contributed by atoms with van der Waals surface area (Å²) in [5, 5.41) is 13.8. The lowest BCUT2D eigenvalue weighted by Crippen LogP contribution is -2.43. The summed E-state index contributed by atoms with van der Waals surface area (Å²) in [5.74, 6) is 0.878. The minimum Gasteiger partial charge on any atom is -0.367 e. The van der Waals surface area contributed by atoms with E-state index in [2.05, 4.69) is 43.4 Å². The molecule has 9 heteroatoms. The van der Waals surface area contributed by atoms with E-state index in [0.717, 1.165) is 53.3 Å². The zero-order valence-corrected chi connectivity index (χ0v) is 21.8. The van der Waals surface area contributed by atoms with Crippen molar-refractivity contribution in [2.24, 2.45) is 0 Å². The van der Waals surface area contributed by atoms with Crippen LogP contribution in [0.15, 0.2) is 35.6 Å². The second kappa shape index (κ2) is 10.5. The van der Waals surface area contributed by atoms with Gasteiger partial charge in [-0.2, -0.15) is 5.10 Å². The van der Waals surface area contributed by atoms with Crippen LogP contribution in [0.4, 0.5) is 5.82 Å². The molecule has 182 valence electrons. The number of nitrogens with one attached hydrogen (secondary N) is 2. The second-order valence-corrected chi connectivity index (χ2v) is 11.5. The molecule has 34 heavy (non-hydrogen) atoms. The largest absolute Gasteiger partial charge is 0.367 e. The molecule has 1 aromatic carbocycles. The fraction of sp³-hybridized carbons (Fsp3) is 0.520. The van der Waals surface area contributed by atoms with Crippen molar-refractivity contribution in [3.63, 3.8) is 0 Å². The third-order valence-electron chi connectivity index (χ3n) is 6.14. The van der Waals surface area contributed by atoms with E-state index in [1.165, 1.54) is 0 Å². The number of halogens is 1. The van der Waals surface area contributed by atoms with E-state index in [1.54, 1.807) is 18.0 Å². The Morgan fingerprint density at radius 2 is 1.85 bits per heavy atom. The summed E-state index contributed by atoms with van der Waals surface area (Å²) >= 11 is 7.71. The van der Waals surface area contributed by atoms with Gasteiger partial charge in [-0.3, -0.25) is 4.79 Å². The van der Waals surface area contributed by atoms with Crippen molar-refractivity contribution in [1.29, 1.82) is 0 Å². The van der Waals surface area contributed by atoms with Crippen molar-refractivity contribution in [3.8, 4) is 0 Å². The Hall–Kier alpha value is -2.32. The Balaban J connectivity index is 1.51. The van der Waals surface area contributed by atoms with Gasteiger partial charge in [0.25, 0.3) is 0 Å². The average molecular weight is 501 g/mol. The lowest BCUT2D eigenvalue weighted by molar-refractivity contribution is -0.126. The number of benzene rings is 1. The zero-order chi connectivity index (χ0) is 24.3. The van der Waals surface area contributed by atoms with Gasteiger partial charge in [0.2, 0.25) is 5.91 Å². The summed E-state index contributed by atoms with van der Waals surface area (Å²) in [4.78, 5) is 22.9. The molecule has 0 radical (unpaired) electrons. The fourth-order valence-corrected chi connectivity index (χ4v) is 5.42. The predicted molar refractivity (Wildman–Crippen MR) is 140 cm³/mol. The maximum Gasteiger partial charge on any atom is 0.230 e. The number of hydrogen-bond donors (Lipinski definition) is 2. The summed E-state index contributed by atoms with van der Waals surface area (Å²) < 4.78 is 1.86. The first kappa shape index (κ1) is 24.8. The van der Waals surface area contributed by atoms with Crippen LogP contribution in [-0.2, 0) is 16.8 Å². The zero-order valence-electron chi connectivity index (χ0n) is 20.3. The van der Waals surface area contributed by atoms with E-state index < -0.39 is 5.41 Å². The Morgan fingerprint density at radius 1 is 1.15 bits per heavy atom. The van der Waals surface area contributed by atoms with Crippen LogP contribution in [0.25, 0.3) is 11.0 Å². The normalized spacial score (nSPS) is 15.4. The first-order valence-electron chi connectivity index (χ1n) is 12.0. The molecule has 0 spiro atoms. The highest BCUT2D eigenvalue weighted by Crippen LogP contribution is 2.41. The number of anilines is 1. The molecule has 0 unspecified atom stereocenters. The molecule has 4 rings (SSSR count). The molecule has 0 aliphatic heterocycles. The van der Waals surface area contributed by atoms with Crippen molar-refractivity contribution in [3.05, 3.63) is 41.0 Å². The molecular weight excluding hydrogens is 468 g/mol. The van der Waals surface area contributed by atoms with Gasteiger partial charge in [-0.1, -0.05) is 62.2 Å². The maximum absolute atomic E-state index is 13.4. The molecule has 1 amide bonds. The Kier molecular flexibility index (Phi) is 7.67. The minimum absolute atomic E-state index is 0.0802. The van der Waals surface area contributed by atoms with Crippen molar-refractivity contribution in [2.45, 2.75) is 81.8 Å². The summed E-state index contributed by atoms with van der Waals surface area (Å²) in [5.41, 5.74) is 1.35. The number of rotatable bonds is 9. The van der Waals surface area contributed by atoms with Crippen molar-refractivity contribution >= 4 is 46.1 Å². The van der Waals surface area contributed by atoms with Gasteiger partial charge >= 0.3 is 0 Å². The average Bonchev–Trinajstić information content (AvgIpc) is 3.42. The third-order valence-corrected chi connectivity index (χ3v) is 7.26. The van der Waals surface area contributed by atoms with Crippen LogP contribution in [0.2, 0.25) is 5.02 Å². The first-order chi connectivity index (χ1) is 16.3. The number of nitrogens with zero attached hydrogens (tertiary/aromatic N) is 4. The van der Waals surface area contributed by atoms with E-state index >= 15 is 0 Å². The molecule has 0 bridgehead atoms. The van der Waals surface area contributed by atoms with Crippen molar-refractivity contribution < 1.29 is 4.79 Å². The molecule has 1 aliphatic carbocycles. The standard InChI is InChI=1S/C25H33ClN6OS/c1-16(2)29-21-20-15-28-32(22(20)31-24(30-21)34-17(3)4)14-13-27-23(33)25(11-5-6-12-25)18-7-9-19(26)10-8-18/h7-10,15-17H,5-6,11-14H2,1-4H3,(H,27,33)(H,29,30,31). The molecule has 1 aliphatic rings. The number of carbonyl (C=O) groups is 1. The molecule has 0 saturated heterocycles. The Labute approximate surface area is 210 Å². The number of thioether (sulfide) groups is 1. The lowest BCUT2D eigenvalue weighted by atomic mass is 9.78. The van der Waals surface area contributed by atoms with E-state index in [9.17, 15) is 4.79 Å². The molecule has 3 aromatic rings. The van der Waals surface area contributed by atoms with Crippen LogP contribution in [0, 0.1) is 0 Å². The highest BCUT2D eigenvalue weighted by Gasteiger charge is 2.42. The van der Waals surface area contributed by atoms with Crippen LogP contribution in [0.3, 0.4) is 0 Å². The number of carbonyl (C=O) groups excluding carboxylic acids is 1. The maximum atomic E-state index is 13.4. The fourth-order valence-electron chi connectivity index (χ4n) is 4.58. The van der Waals surface area contributed by atoms with Gasteiger partial charge in [-0.15, -0.1) is 0 Å². The molecule has 0 atom stereocenters. The third kappa shape index (κ3) is 5.33. The van der Waals surface area contributed by atoms with Crippen molar-refractivity contribution in [1.82, 2.24) is 25.1 Å². The monoisotopic (exact) mass is 500 g/mol. The van der Waals surface area contributed by atoms with E-state index in [-0.39, 0.29) is 11.9 Å². The first-order valence-corrected chi connectivity index (χ1v) is 13.3. The van der Waals surface area contributed by atoms with E-state index in [0.29, 0.717) is 23.4 Å². The highest BCUT2D eigenvalue weighted by molar-refractivity contribution is 7.99. The number of amides is 1. The molecule has 2 N–H and O–H groups in total. The smallest absolute Gasteiger partial charge is 0.230 e. The van der Waals surface area contributed by atoms with Gasteiger partial charge in [0.05, 0.1) is 23.5 Å². The molecule has 1 saturated carbocycles. The van der Waals surface area contributed by atoms with Crippen LogP contribution >= 0.6 is 23.4 Å². The summed E-state index contributed by atoms with van der Waals surface area (Å²) in [6.45, 7) is 9.44. The lowest BCUT2D eigenvalue weighted by Gasteiger charge is -2.28. The molecule has 2 aromatic heterocycles. The number of hydrogen-bond acceptors (Lipinski definition) is 6. The summed E-state index contributed by atoms with van der Waals surface area (Å²) in [6, 6.07) is 7.96. The van der Waals surface area contributed by atoms with Gasteiger partial charge in [0.15, 0.2) is 10.8 Å². The SMILES string of the molecule is CC(C)Nc1nc(SC(C)C)nc2c1cnn2CCNC(=O)C1(c2ccc(Cl)cc2)CCCC1. The van der Waals surface area contributed by atoms with Crippen LogP contribution < -0.4 is 10.6 Å². The quantitative estimate of drug-likeness (QED) is 0.301. The molecule has 1 fully saturated rings. The summed E-state index contributed by atoms with van der Waals surface area (Å²) in [6.07, 6.45) is 5.63. The molecular formula is C25H33ClN6OS. The van der Waals surface area contributed by atoms with Gasteiger partial charge in [0.1, 0.15) is 5.82 Å². The van der Waals surface area contributed by atoms with E-state index in [4.69, 9.17) is 21.6 Å². The van der Waals surface area contributed by atoms with Gasteiger partial charge < -0.3 is 10.6 Å². The highest BCUT2D eigenvalue weighted by atomic mass is 35.5. The molecule has 7 nitrogen and oxygen atoms in total. The van der Waals surface area contributed by atoms with Gasteiger partial charge in [0, 0.05) is 22.9 Å². The van der Waals surface area contributed by atoms with Crippen LogP contribution in [0.5, 0.6) is 0 Å². The molecule has 2 heterocycles. The van der Waals surface area contributed by atoms with Crippen LogP contribution in [-0.4, -0.2) is 43.5 Å². The van der Waals surface area contributed by atoms with Gasteiger partial charge in [-0.25, -0.2) is 14.6 Å². The van der Waals surface area contributed by atoms with E-state index in [1.807, 2.05) is 28.9 Å². The number of fused-ring (bicyclic) bond motifs is 1. The second-order valence-electron chi connectivity index (χ2n) is 9.48. The number of aromatic nitrogens is 4. The topological polar surface area (TPSA) is 84.7 Å². The van der Waals surface area contributed by atoms with Gasteiger partial charge in [-0.05, 0) is 44.4 Å².